The quantitative estimate of drug-likeness (QED) is 0.766. The van der Waals surface area contributed by atoms with Crippen LogP contribution in [0.25, 0.3) is 0 Å². The summed E-state index contributed by atoms with van der Waals surface area (Å²) in [4.78, 5) is 16.7. The molecule has 0 radical (unpaired) electrons. The summed E-state index contributed by atoms with van der Waals surface area (Å²) in [5, 5.41) is 8.84. The molecule has 18 heavy (non-hydrogen) atoms. The topological polar surface area (TPSA) is 75.8 Å². The smallest absolute Gasteiger partial charge is 0.357 e. The van der Waals surface area contributed by atoms with Gasteiger partial charge in [-0.1, -0.05) is 13.8 Å². The molecule has 0 saturated carbocycles. The van der Waals surface area contributed by atoms with E-state index in [1.807, 2.05) is 4.90 Å². The molecule has 0 aliphatic carbocycles. The highest BCUT2D eigenvalue weighted by molar-refractivity contribution is 5.85. The van der Waals surface area contributed by atoms with Gasteiger partial charge in [0.25, 0.3) is 6.01 Å². The molecule has 0 amide bonds. The third-order valence-electron chi connectivity index (χ3n) is 2.88. The Balaban J connectivity index is 2.89. The van der Waals surface area contributed by atoms with Gasteiger partial charge in [-0.2, -0.15) is 4.98 Å². The summed E-state index contributed by atoms with van der Waals surface area (Å²) in [6, 6.07) is 0.610. The summed E-state index contributed by atoms with van der Waals surface area (Å²) in [5.41, 5.74) is -0.0710. The normalized spacial score (nSPS) is 10.9. The van der Waals surface area contributed by atoms with Crippen molar-refractivity contribution >= 4 is 12.0 Å². The van der Waals surface area contributed by atoms with Crippen LogP contribution in [0.2, 0.25) is 0 Å². The average molecular weight is 256 g/mol. The van der Waals surface area contributed by atoms with Gasteiger partial charge in [-0.3, -0.25) is 0 Å². The molecule has 0 fully saturated rings. The number of aromatic carboxylic acids is 1. The Morgan fingerprint density at radius 3 is 2.67 bits per heavy atom. The van der Waals surface area contributed by atoms with Crippen LogP contribution < -0.4 is 4.90 Å². The fourth-order valence-corrected chi connectivity index (χ4v) is 1.85. The van der Waals surface area contributed by atoms with E-state index in [0.29, 0.717) is 19.2 Å². The highest BCUT2D eigenvalue weighted by atomic mass is 16.5. The number of anilines is 1. The number of carbonyl (C=O) groups is 1. The van der Waals surface area contributed by atoms with E-state index in [4.69, 9.17) is 14.3 Å². The first-order valence-electron chi connectivity index (χ1n) is 6.08. The molecule has 102 valence electrons. The number of methoxy groups -OCH3 is 1. The third-order valence-corrected chi connectivity index (χ3v) is 2.88. The molecule has 0 atom stereocenters. The van der Waals surface area contributed by atoms with Crippen molar-refractivity contribution in [1.29, 1.82) is 0 Å². The molecule has 6 nitrogen and oxygen atoms in total. The number of carboxylic acids is 1. The lowest BCUT2D eigenvalue weighted by molar-refractivity contribution is 0.0690. The molecule has 0 saturated heterocycles. The molecule has 1 N–H and O–H groups in total. The van der Waals surface area contributed by atoms with Crippen molar-refractivity contribution in [2.75, 3.05) is 25.2 Å². The van der Waals surface area contributed by atoms with Gasteiger partial charge in [0.15, 0.2) is 5.69 Å². The van der Waals surface area contributed by atoms with Crippen LogP contribution in [0, 0.1) is 0 Å². The largest absolute Gasteiger partial charge is 0.476 e. The first kappa shape index (κ1) is 14.5. The van der Waals surface area contributed by atoms with E-state index < -0.39 is 5.97 Å². The predicted octanol–water partition coefficient (Wildman–Crippen LogP) is 2.01. The molecule has 0 aromatic carbocycles. The minimum atomic E-state index is -1.08. The van der Waals surface area contributed by atoms with Gasteiger partial charge in [0, 0.05) is 19.7 Å². The van der Waals surface area contributed by atoms with E-state index >= 15 is 0 Å². The van der Waals surface area contributed by atoms with Crippen LogP contribution in [-0.2, 0) is 4.74 Å². The summed E-state index contributed by atoms with van der Waals surface area (Å²) in [6.07, 6.45) is 3.04. The molecule has 0 aliphatic heterocycles. The number of ether oxygens (including phenoxy) is 1. The van der Waals surface area contributed by atoms with Gasteiger partial charge in [-0.15, -0.1) is 0 Å². The summed E-state index contributed by atoms with van der Waals surface area (Å²) in [7, 11) is 1.63. The molecule has 1 rings (SSSR count). The van der Waals surface area contributed by atoms with Crippen molar-refractivity contribution in [2.24, 2.45) is 0 Å². The first-order valence-corrected chi connectivity index (χ1v) is 6.08. The predicted molar refractivity (Wildman–Crippen MR) is 67.1 cm³/mol. The second kappa shape index (κ2) is 7.00. The second-order valence-corrected chi connectivity index (χ2v) is 3.98. The monoisotopic (exact) mass is 256 g/mol. The van der Waals surface area contributed by atoms with E-state index in [1.54, 1.807) is 7.11 Å². The lowest BCUT2D eigenvalue weighted by atomic mass is 10.1. The maximum absolute atomic E-state index is 10.8. The number of carboxylic acid groups (broad SMARTS) is 1. The Morgan fingerprint density at radius 2 is 2.22 bits per heavy atom. The molecule has 0 unspecified atom stereocenters. The van der Waals surface area contributed by atoms with Crippen LogP contribution in [-0.4, -0.2) is 42.4 Å². The summed E-state index contributed by atoms with van der Waals surface area (Å²) in [5.74, 6) is -1.08. The van der Waals surface area contributed by atoms with E-state index in [-0.39, 0.29) is 11.7 Å². The van der Waals surface area contributed by atoms with Crippen LogP contribution >= 0.6 is 0 Å². The van der Waals surface area contributed by atoms with Gasteiger partial charge >= 0.3 is 5.97 Å². The number of aromatic nitrogens is 1. The van der Waals surface area contributed by atoms with Crippen molar-refractivity contribution in [3.63, 3.8) is 0 Å². The third kappa shape index (κ3) is 3.46. The summed E-state index contributed by atoms with van der Waals surface area (Å²) >= 11 is 0. The standard InChI is InChI=1S/C12H20N2O4/c1-4-9(5-2)14(6-7-17-3)12-13-10(8-18-12)11(15)16/h8-9H,4-7H2,1-3H3,(H,15,16). The Bertz CT molecular complexity index is 374. The number of hydrogen-bond acceptors (Lipinski definition) is 5. The van der Waals surface area contributed by atoms with Gasteiger partial charge in [-0.25, -0.2) is 4.79 Å². The number of hydrogen-bond donors (Lipinski definition) is 1. The zero-order chi connectivity index (χ0) is 13.5. The highest BCUT2D eigenvalue weighted by Crippen LogP contribution is 2.19. The minimum absolute atomic E-state index is 0.0710. The van der Waals surface area contributed by atoms with Crippen LogP contribution in [0.5, 0.6) is 0 Å². The molecular formula is C12H20N2O4. The van der Waals surface area contributed by atoms with Gasteiger partial charge in [-0.05, 0) is 12.8 Å². The maximum Gasteiger partial charge on any atom is 0.357 e. The highest BCUT2D eigenvalue weighted by Gasteiger charge is 2.21. The number of oxazole rings is 1. The zero-order valence-electron chi connectivity index (χ0n) is 11.0. The molecule has 0 aliphatic rings. The SMILES string of the molecule is CCC(CC)N(CCOC)c1nc(C(=O)O)co1. The van der Waals surface area contributed by atoms with E-state index in [9.17, 15) is 4.79 Å². The maximum atomic E-state index is 10.8. The van der Waals surface area contributed by atoms with E-state index in [2.05, 4.69) is 18.8 Å². The van der Waals surface area contributed by atoms with Crippen LogP contribution in [0.4, 0.5) is 6.01 Å². The Morgan fingerprint density at radius 1 is 1.56 bits per heavy atom. The minimum Gasteiger partial charge on any atom is -0.476 e. The fourth-order valence-electron chi connectivity index (χ4n) is 1.85. The first-order chi connectivity index (χ1) is 8.63. The number of rotatable bonds is 8. The van der Waals surface area contributed by atoms with Crippen molar-refractivity contribution < 1.29 is 19.1 Å². The van der Waals surface area contributed by atoms with Crippen LogP contribution in [0.15, 0.2) is 10.7 Å². The van der Waals surface area contributed by atoms with Crippen molar-refractivity contribution in [1.82, 2.24) is 4.98 Å². The molecular weight excluding hydrogens is 236 g/mol. The molecule has 1 aromatic rings. The van der Waals surface area contributed by atoms with Crippen molar-refractivity contribution in [3.8, 4) is 0 Å². The summed E-state index contributed by atoms with van der Waals surface area (Å²) in [6.45, 7) is 5.33. The van der Waals surface area contributed by atoms with Gasteiger partial charge in [0.05, 0.1) is 6.61 Å². The Kier molecular flexibility index (Phi) is 5.64. The van der Waals surface area contributed by atoms with Crippen LogP contribution in [0.3, 0.4) is 0 Å². The van der Waals surface area contributed by atoms with Crippen molar-refractivity contribution in [3.05, 3.63) is 12.0 Å². The molecule has 1 aromatic heterocycles. The Labute approximate surface area is 107 Å². The van der Waals surface area contributed by atoms with Gasteiger partial charge in [0.1, 0.15) is 6.26 Å². The van der Waals surface area contributed by atoms with E-state index in [1.165, 1.54) is 6.26 Å². The van der Waals surface area contributed by atoms with E-state index in [0.717, 1.165) is 12.8 Å². The number of nitrogens with zero attached hydrogens (tertiary/aromatic N) is 2. The van der Waals surface area contributed by atoms with Crippen molar-refractivity contribution in [2.45, 2.75) is 32.7 Å². The zero-order valence-corrected chi connectivity index (χ0v) is 11.0. The molecule has 0 bridgehead atoms. The Hall–Kier alpha value is -1.56. The van der Waals surface area contributed by atoms with Gasteiger partial charge in [0.2, 0.25) is 0 Å². The molecule has 6 heteroatoms. The second-order valence-electron chi connectivity index (χ2n) is 3.98. The lowest BCUT2D eigenvalue weighted by Gasteiger charge is -2.28. The average Bonchev–Trinajstić information content (AvgIpc) is 2.84. The summed E-state index contributed by atoms with van der Waals surface area (Å²) < 4.78 is 10.3. The molecule has 1 heterocycles. The van der Waals surface area contributed by atoms with Crippen LogP contribution in [0.1, 0.15) is 37.2 Å². The van der Waals surface area contributed by atoms with Gasteiger partial charge < -0.3 is 19.2 Å². The molecule has 0 spiro atoms. The fraction of sp³-hybridized carbons (Fsp3) is 0.667. The lowest BCUT2D eigenvalue weighted by Crippen LogP contribution is -2.37.